The average molecular weight is 206 g/mol. The van der Waals surface area contributed by atoms with Gasteiger partial charge in [0.05, 0.1) is 19.8 Å². The molecule has 0 aliphatic rings. The van der Waals surface area contributed by atoms with Gasteiger partial charge in [-0.05, 0) is 0 Å². The van der Waals surface area contributed by atoms with Crippen molar-refractivity contribution in [2.45, 2.75) is 0 Å². The average Bonchev–Trinajstić information content (AvgIpc) is 2.18. The Labute approximate surface area is 83.5 Å². The Balaban J connectivity index is 3.76. The smallest absolute Gasteiger partial charge is 0.317 e. The molecule has 6 nitrogen and oxygen atoms in total. The van der Waals surface area contributed by atoms with Crippen molar-refractivity contribution in [3.05, 3.63) is 0 Å². The molecule has 0 aromatic heterocycles. The van der Waals surface area contributed by atoms with E-state index in [1.807, 2.05) is 0 Å². The fourth-order valence-electron chi connectivity index (χ4n) is 0.928. The van der Waals surface area contributed by atoms with Crippen molar-refractivity contribution in [3.8, 4) is 0 Å². The molecule has 0 atom stereocenters. The van der Waals surface area contributed by atoms with E-state index in [9.17, 15) is 4.79 Å². The second kappa shape index (κ2) is 8.74. The number of carbonyl (C=O) groups is 1. The van der Waals surface area contributed by atoms with Gasteiger partial charge in [0.2, 0.25) is 0 Å². The predicted octanol–water partition coefficient (Wildman–Crippen LogP) is -1.37. The Bertz CT molecular complexity index is 148. The number of rotatable bonds is 7. The monoisotopic (exact) mass is 206 g/mol. The first-order chi connectivity index (χ1) is 6.76. The molecule has 0 aromatic carbocycles. The maximum absolute atomic E-state index is 11.3. The van der Waals surface area contributed by atoms with Gasteiger partial charge in [-0.25, -0.2) is 4.79 Å². The number of aliphatic hydroxyl groups excluding tert-OH is 2. The molecular weight excluding hydrogens is 188 g/mol. The highest BCUT2D eigenvalue weighted by Crippen LogP contribution is 1.87. The summed E-state index contributed by atoms with van der Waals surface area (Å²) >= 11 is 0. The molecule has 0 aliphatic carbocycles. The van der Waals surface area contributed by atoms with Crippen LogP contribution in [0.4, 0.5) is 4.79 Å². The van der Waals surface area contributed by atoms with Crippen LogP contribution in [-0.2, 0) is 4.74 Å². The van der Waals surface area contributed by atoms with Crippen LogP contribution in [0.5, 0.6) is 0 Å². The van der Waals surface area contributed by atoms with E-state index >= 15 is 0 Å². The van der Waals surface area contributed by atoms with Crippen molar-refractivity contribution < 1.29 is 19.7 Å². The lowest BCUT2D eigenvalue weighted by atomic mass is 10.5. The van der Waals surface area contributed by atoms with Crippen molar-refractivity contribution in [2.24, 2.45) is 0 Å². The summed E-state index contributed by atoms with van der Waals surface area (Å²) in [5, 5.41) is 19.9. The molecule has 0 rings (SSSR count). The third-order valence-electron chi connectivity index (χ3n) is 1.61. The second-order valence-electron chi connectivity index (χ2n) is 2.66. The van der Waals surface area contributed by atoms with Crippen molar-refractivity contribution in [3.63, 3.8) is 0 Å². The van der Waals surface area contributed by atoms with Crippen LogP contribution >= 0.6 is 0 Å². The van der Waals surface area contributed by atoms with Crippen LogP contribution in [0.2, 0.25) is 0 Å². The Morgan fingerprint density at radius 3 is 2.36 bits per heavy atom. The molecule has 0 fully saturated rings. The number of amides is 2. The second-order valence-corrected chi connectivity index (χ2v) is 2.66. The van der Waals surface area contributed by atoms with Crippen LogP contribution in [-0.4, -0.2) is 67.7 Å². The Hall–Kier alpha value is -0.850. The maximum Gasteiger partial charge on any atom is 0.317 e. The third-order valence-corrected chi connectivity index (χ3v) is 1.61. The van der Waals surface area contributed by atoms with Gasteiger partial charge < -0.3 is 25.2 Å². The Kier molecular flexibility index (Phi) is 8.20. The van der Waals surface area contributed by atoms with Crippen LogP contribution < -0.4 is 5.32 Å². The molecule has 0 aromatic rings. The molecule has 0 radical (unpaired) electrons. The Morgan fingerprint density at radius 2 is 1.93 bits per heavy atom. The molecule has 0 aliphatic heterocycles. The number of hydrogen-bond donors (Lipinski definition) is 3. The van der Waals surface area contributed by atoms with Crippen molar-refractivity contribution in [1.82, 2.24) is 10.2 Å². The number of carbonyl (C=O) groups excluding carboxylic acids is 1. The van der Waals surface area contributed by atoms with E-state index in [4.69, 9.17) is 14.9 Å². The summed E-state index contributed by atoms with van der Waals surface area (Å²) in [5.74, 6) is 0. The van der Waals surface area contributed by atoms with E-state index < -0.39 is 0 Å². The number of ether oxygens (including phenoxy) is 1. The first-order valence-electron chi connectivity index (χ1n) is 4.49. The fourth-order valence-corrected chi connectivity index (χ4v) is 0.928. The fraction of sp³-hybridized carbons (Fsp3) is 0.875. The maximum atomic E-state index is 11.3. The zero-order chi connectivity index (χ0) is 10.8. The van der Waals surface area contributed by atoms with Crippen LogP contribution in [0.3, 0.4) is 0 Å². The Morgan fingerprint density at radius 1 is 1.36 bits per heavy atom. The molecule has 0 saturated heterocycles. The van der Waals surface area contributed by atoms with E-state index in [1.165, 1.54) is 4.90 Å². The molecule has 0 saturated carbocycles. The zero-order valence-corrected chi connectivity index (χ0v) is 8.40. The lowest BCUT2D eigenvalue weighted by Gasteiger charge is -2.20. The standard InChI is InChI=1S/C8H18N2O4/c1-14-7-2-9-8(13)10(3-5-11)4-6-12/h11-12H,2-7H2,1H3,(H,9,13). The number of urea groups is 1. The van der Waals surface area contributed by atoms with Gasteiger partial charge in [-0.2, -0.15) is 0 Å². The van der Waals surface area contributed by atoms with Crippen LogP contribution in [0.25, 0.3) is 0 Å². The number of methoxy groups -OCH3 is 1. The van der Waals surface area contributed by atoms with Crippen molar-refractivity contribution in [1.29, 1.82) is 0 Å². The quantitative estimate of drug-likeness (QED) is 0.449. The predicted molar refractivity (Wildman–Crippen MR) is 51.0 cm³/mol. The van der Waals surface area contributed by atoms with Crippen molar-refractivity contribution in [2.75, 3.05) is 46.6 Å². The summed E-state index contributed by atoms with van der Waals surface area (Å²) in [4.78, 5) is 12.7. The zero-order valence-electron chi connectivity index (χ0n) is 8.40. The van der Waals surface area contributed by atoms with E-state index in [0.29, 0.717) is 13.2 Å². The summed E-state index contributed by atoms with van der Waals surface area (Å²) in [5.41, 5.74) is 0. The number of hydrogen-bond acceptors (Lipinski definition) is 4. The van der Waals surface area contributed by atoms with Gasteiger partial charge in [0.15, 0.2) is 0 Å². The van der Waals surface area contributed by atoms with Gasteiger partial charge in [-0.3, -0.25) is 0 Å². The number of nitrogens with one attached hydrogen (secondary N) is 1. The van der Waals surface area contributed by atoms with E-state index in [2.05, 4.69) is 5.32 Å². The molecule has 3 N–H and O–H groups in total. The highest BCUT2D eigenvalue weighted by atomic mass is 16.5. The minimum atomic E-state index is -0.301. The van der Waals surface area contributed by atoms with E-state index in [1.54, 1.807) is 7.11 Å². The molecular formula is C8H18N2O4. The molecule has 0 unspecified atom stereocenters. The highest BCUT2D eigenvalue weighted by molar-refractivity contribution is 5.74. The summed E-state index contributed by atoms with van der Waals surface area (Å²) in [6.07, 6.45) is 0. The highest BCUT2D eigenvalue weighted by Gasteiger charge is 2.10. The van der Waals surface area contributed by atoms with Gasteiger partial charge in [-0.1, -0.05) is 0 Å². The lowest BCUT2D eigenvalue weighted by Crippen LogP contribution is -2.43. The summed E-state index contributed by atoms with van der Waals surface area (Å²) in [6, 6.07) is -0.301. The first kappa shape index (κ1) is 13.2. The third kappa shape index (κ3) is 5.74. The molecule has 84 valence electrons. The molecule has 0 bridgehead atoms. The lowest BCUT2D eigenvalue weighted by molar-refractivity contribution is 0.152. The minimum Gasteiger partial charge on any atom is -0.395 e. The summed E-state index contributed by atoms with van der Waals surface area (Å²) < 4.78 is 4.76. The van der Waals surface area contributed by atoms with Crippen LogP contribution in [0.1, 0.15) is 0 Å². The van der Waals surface area contributed by atoms with Crippen molar-refractivity contribution >= 4 is 6.03 Å². The van der Waals surface area contributed by atoms with Gasteiger partial charge in [0.1, 0.15) is 0 Å². The molecule has 0 spiro atoms. The molecule has 0 heterocycles. The summed E-state index contributed by atoms with van der Waals surface area (Å²) in [7, 11) is 1.55. The first-order valence-corrected chi connectivity index (χ1v) is 4.49. The normalized spacial score (nSPS) is 9.93. The van der Waals surface area contributed by atoms with Crippen LogP contribution in [0.15, 0.2) is 0 Å². The van der Waals surface area contributed by atoms with E-state index in [0.717, 1.165) is 0 Å². The minimum absolute atomic E-state index is 0.113. The molecule has 6 heteroatoms. The SMILES string of the molecule is COCCNC(=O)N(CCO)CCO. The van der Waals surface area contributed by atoms with Crippen LogP contribution in [0, 0.1) is 0 Å². The molecule has 2 amide bonds. The van der Waals surface area contributed by atoms with E-state index in [-0.39, 0.29) is 32.3 Å². The van der Waals surface area contributed by atoms with Gasteiger partial charge >= 0.3 is 6.03 Å². The summed E-state index contributed by atoms with van der Waals surface area (Å²) in [6.45, 7) is 1.08. The number of aliphatic hydroxyl groups is 2. The molecule has 14 heavy (non-hydrogen) atoms. The topological polar surface area (TPSA) is 82.0 Å². The van der Waals surface area contributed by atoms with Gasteiger partial charge in [0.25, 0.3) is 0 Å². The number of nitrogens with zero attached hydrogens (tertiary/aromatic N) is 1. The van der Waals surface area contributed by atoms with Gasteiger partial charge in [-0.15, -0.1) is 0 Å². The largest absolute Gasteiger partial charge is 0.395 e. The van der Waals surface area contributed by atoms with Gasteiger partial charge in [0, 0.05) is 26.7 Å².